The van der Waals surface area contributed by atoms with Crippen LogP contribution in [0.3, 0.4) is 0 Å². The van der Waals surface area contributed by atoms with Crippen LogP contribution in [0.2, 0.25) is 10.0 Å². The number of nitrogens with one attached hydrogen (secondary N) is 1. The van der Waals surface area contributed by atoms with Crippen molar-refractivity contribution < 1.29 is 4.79 Å². The molecule has 0 bridgehead atoms. The summed E-state index contributed by atoms with van der Waals surface area (Å²) in [5, 5.41) is 3.44. The molecular formula is C16H14BrCl2NOS. The summed E-state index contributed by atoms with van der Waals surface area (Å²) in [5.41, 5.74) is 1.62. The smallest absolute Gasteiger partial charge is 0.237 e. The molecule has 1 atom stereocenters. The van der Waals surface area contributed by atoms with Crippen LogP contribution in [0.5, 0.6) is 0 Å². The van der Waals surface area contributed by atoms with Crippen molar-refractivity contribution in [3.63, 3.8) is 0 Å². The normalized spacial score (nSPS) is 12.0. The Hall–Kier alpha value is -0.680. The van der Waals surface area contributed by atoms with Gasteiger partial charge in [-0.3, -0.25) is 4.79 Å². The van der Waals surface area contributed by atoms with Crippen LogP contribution in [0, 0.1) is 0 Å². The molecule has 0 aromatic heterocycles. The summed E-state index contributed by atoms with van der Waals surface area (Å²) in [4.78, 5) is 12.3. The molecule has 2 aromatic rings. The molecule has 2 nitrogen and oxygen atoms in total. The predicted molar refractivity (Wildman–Crippen MR) is 100.0 cm³/mol. The fourth-order valence-corrected chi connectivity index (χ4v) is 3.74. The first kappa shape index (κ1) is 17.7. The van der Waals surface area contributed by atoms with E-state index in [1.54, 1.807) is 30.0 Å². The second-order valence-electron chi connectivity index (χ2n) is 4.63. The van der Waals surface area contributed by atoms with E-state index in [9.17, 15) is 4.79 Å². The topological polar surface area (TPSA) is 29.1 Å². The number of anilines is 1. The molecule has 0 fully saturated rings. The number of benzene rings is 2. The van der Waals surface area contributed by atoms with E-state index in [1.165, 1.54) is 0 Å². The van der Waals surface area contributed by atoms with E-state index in [-0.39, 0.29) is 11.2 Å². The van der Waals surface area contributed by atoms with Crippen LogP contribution < -0.4 is 5.32 Å². The average molecular weight is 419 g/mol. The fraction of sp³-hybridized carbons (Fsp3) is 0.188. The third-order valence-electron chi connectivity index (χ3n) is 3.03. The van der Waals surface area contributed by atoms with Crippen molar-refractivity contribution >= 4 is 62.5 Å². The van der Waals surface area contributed by atoms with Gasteiger partial charge in [-0.15, -0.1) is 11.8 Å². The minimum Gasteiger partial charge on any atom is -0.323 e. The second kappa shape index (κ2) is 8.25. The maximum absolute atomic E-state index is 12.3. The maximum atomic E-state index is 12.3. The van der Waals surface area contributed by atoms with Gasteiger partial charge in [0.05, 0.1) is 21.0 Å². The molecule has 0 saturated carbocycles. The van der Waals surface area contributed by atoms with Gasteiger partial charge < -0.3 is 5.32 Å². The number of carbonyl (C=O) groups excluding carboxylic acids is 1. The van der Waals surface area contributed by atoms with Gasteiger partial charge >= 0.3 is 0 Å². The first-order valence-electron chi connectivity index (χ1n) is 6.59. The highest BCUT2D eigenvalue weighted by molar-refractivity contribution is 9.10. The van der Waals surface area contributed by atoms with Crippen LogP contribution in [0.25, 0.3) is 0 Å². The lowest BCUT2D eigenvalue weighted by Gasteiger charge is -2.14. The number of halogens is 3. The van der Waals surface area contributed by atoms with Crippen LogP contribution in [0.4, 0.5) is 5.69 Å². The van der Waals surface area contributed by atoms with Crippen molar-refractivity contribution in [2.45, 2.75) is 17.9 Å². The molecule has 6 heteroatoms. The van der Waals surface area contributed by atoms with Gasteiger partial charge in [0, 0.05) is 10.2 Å². The molecule has 0 heterocycles. The number of carbonyl (C=O) groups is 1. The molecule has 2 rings (SSSR count). The van der Waals surface area contributed by atoms with Crippen LogP contribution in [0.15, 0.2) is 46.9 Å². The Labute approximate surface area is 152 Å². The summed E-state index contributed by atoms with van der Waals surface area (Å²) < 4.78 is 1.05. The standard InChI is InChI=1S/C16H14BrCl2NOS/c1-10(22-9-11-5-2-3-6-12(11)17)16(21)20-15-13(18)7-4-8-14(15)19/h2-8,10H,9H2,1H3,(H,20,21). The van der Waals surface area contributed by atoms with Crippen LogP contribution >= 0.6 is 50.9 Å². The minimum atomic E-state index is -0.223. The van der Waals surface area contributed by atoms with Crippen LogP contribution in [-0.4, -0.2) is 11.2 Å². The van der Waals surface area contributed by atoms with E-state index in [0.29, 0.717) is 15.7 Å². The number of amides is 1. The molecule has 1 N–H and O–H groups in total. The van der Waals surface area contributed by atoms with Crippen molar-refractivity contribution in [2.24, 2.45) is 0 Å². The monoisotopic (exact) mass is 417 g/mol. The zero-order chi connectivity index (χ0) is 16.1. The molecule has 0 aliphatic rings. The van der Waals surface area contributed by atoms with Crippen LogP contribution in [-0.2, 0) is 10.5 Å². The molecular weight excluding hydrogens is 405 g/mol. The summed E-state index contributed by atoms with van der Waals surface area (Å²) in [6, 6.07) is 13.1. The molecule has 22 heavy (non-hydrogen) atoms. The fourth-order valence-electron chi connectivity index (χ4n) is 1.75. The minimum absolute atomic E-state index is 0.118. The number of para-hydroxylation sites is 1. The second-order valence-corrected chi connectivity index (χ2v) is 7.63. The Morgan fingerprint density at radius 1 is 1.18 bits per heavy atom. The van der Waals surface area contributed by atoms with E-state index in [4.69, 9.17) is 23.2 Å². The van der Waals surface area contributed by atoms with Gasteiger partial charge in [-0.1, -0.05) is 63.4 Å². The van der Waals surface area contributed by atoms with E-state index in [1.807, 2.05) is 31.2 Å². The largest absolute Gasteiger partial charge is 0.323 e. The molecule has 2 aromatic carbocycles. The van der Waals surface area contributed by atoms with Crippen LogP contribution in [0.1, 0.15) is 12.5 Å². The highest BCUT2D eigenvalue weighted by Crippen LogP contribution is 2.31. The molecule has 1 amide bonds. The Morgan fingerprint density at radius 2 is 1.82 bits per heavy atom. The van der Waals surface area contributed by atoms with Crippen molar-refractivity contribution in [3.8, 4) is 0 Å². The molecule has 0 saturated heterocycles. The highest BCUT2D eigenvalue weighted by atomic mass is 79.9. The van der Waals surface area contributed by atoms with Gasteiger partial charge in [0.25, 0.3) is 0 Å². The predicted octanol–water partition coefficient (Wildman–Crippen LogP) is 6.02. The Kier molecular flexibility index (Phi) is 6.63. The van der Waals surface area contributed by atoms with Gasteiger partial charge in [-0.05, 0) is 30.7 Å². The third-order valence-corrected chi connectivity index (χ3v) is 5.62. The number of thioether (sulfide) groups is 1. The lowest BCUT2D eigenvalue weighted by atomic mass is 10.2. The quantitative estimate of drug-likeness (QED) is 0.643. The van der Waals surface area contributed by atoms with Crippen molar-refractivity contribution in [1.29, 1.82) is 0 Å². The molecule has 0 aliphatic heterocycles. The Bertz CT molecular complexity index is 661. The average Bonchev–Trinajstić information content (AvgIpc) is 2.49. The first-order valence-corrected chi connectivity index (χ1v) is 9.18. The molecule has 1 unspecified atom stereocenters. The number of hydrogen-bond acceptors (Lipinski definition) is 2. The van der Waals surface area contributed by atoms with E-state index >= 15 is 0 Å². The zero-order valence-corrected chi connectivity index (χ0v) is 15.7. The lowest BCUT2D eigenvalue weighted by Crippen LogP contribution is -2.23. The summed E-state index contributed by atoms with van der Waals surface area (Å²) in [5.74, 6) is 0.624. The van der Waals surface area contributed by atoms with Gasteiger partial charge in [-0.2, -0.15) is 0 Å². The van der Waals surface area contributed by atoms with Gasteiger partial charge in [0.15, 0.2) is 0 Å². The molecule has 0 aliphatic carbocycles. The summed E-state index contributed by atoms with van der Waals surface area (Å²) in [6.45, 7) is 1.86. The van der Waals surface area contributed by atoms with Gasteiger partial charge in [-0.25, -0.2) is 0 Å². The zero-order valence-electron chi connectivity index (χ0n) is 11.8. The lowest BCUT2D eigenvalue weighted by molar-refractivity contribution is -0.115. The summed E-state index contributed by atoms with van der Waals surface area (Å²) >= 11 is 17.2. The van der Waals surface area contributed by atoms with Gasteiger partial charge in [0.1, 0.15) is 0 Å². The number of hydrogen-bond donors (Lipinski definition) is 1. The summed E-state index contributed by atoms with van der Waals surface area (Å²) in [6.07, 6.45) is 0. The summed E-state index contributed by atoms with van der Waals surface area (Å²) in [7, 11) is 0. The van der Waals surface area contributed by atoms with Crippen molar-refractivity contribution in [3.05, 3.63) is 62.5 Å². The van der Waals surface area contributed by atoms with Crippen molar-refractivity contribution in [1.82, 2.24) is 0 Å². The maximum Gasteiger partial charge on any atom is 0.237 e. The van der Waals surface area contributed by atoms with E-state index in [2.05, 4.69) is 21.2 Å². The Balaban J connectivity index is 1.97. The van der Waals surface area contributed by atoms with E-state index in [0.717, 1.165) is 15.8 Å². The van der Waals surface area contributed by atoms with E-state index < -0.39 is 0 Å². The first-order chi connectivity index (χ1) is 10.5. The number of rotatable bonds is 5. The third kappa shape index (κ3) is 4.66. The highest BCUT2D eigenvalue weighted by Gasteiger charge is 2.17. The molecule has 116 valence electrons. The molecule has 0 spiro atoms. The molecule has 0 radical (unpaired) electrons. The Morgan fingerprint density at radius 3 is 2.45 bits per heavy atom. The van der Waals surface area contributed by atoms with Crippen molar-refractivity contribution in [2.75, 3.05) is 5.32 Å². The van der Waals surface area contributed by atoms with Gasteiger partial charge in [0.2, 0.25) is 5.91 Å². The SMILES string of the molecule is CC(SCc1ccccc1Br)C(=O)Nc1c(Cl)cccc1Cl.